The standard InChI is InChI=1S/C16H22N2O3/c1-10-3-6-14(9-11(10)2)18-16(21)17-13-7-4-12(5-8-13)15(19)20/h3,6,9,12-13H,4-5,7-8H2,1-2H3,(H,19,20)(H2,17,18,21). The van der Waals surface area contributed by atoms with Crippen LogP contribution in [0, 0.1) is 19.8 Å². The molecule has 0 heterocycles. The molecule has 1 aliphatic carbocycles. The van der Waals surface area contributed by atoms with Gasteiger partial charge in [-0.2, -0.15) is 0 Å². The van der Waals surface area contributed by atoms with Gasteiger partial charge in [-0.3, -0.25) is 4.79 Å². The van der Waals surface area contributed by atoms with Crippen molar-refractivity contribution in [1.29, 1.82) is 0 Å². The van der Waals surface area contributed by atoms with Crippen LogP contribution in [0.4, 0.5) is 10.5 Å². The van der Waals surface area contributed by atoms with Crippen molar-refractivity contribution in [3.63, 3.8) is 0 Å². The molecule has 2 amide bonds. The fourth-order valence-electron chi connectivity index (χ4n) is 2.66. The highest BCUT2D eigenvalue weighted by Crippen LogP contribution is 2.24. The summed E-state index contributed by atoms with van der Waals surface area (Å²) in [5, 5.41) is 14.7. The predicted octanol–water partition coefficient (Wildman–Crippen LogP) is 3.07. The number of aryl methyl sites for hydroxylation is 2. The molecule has 0 atom stereocenters. The zero-order valence-electron chi connectivity index (χ0n) is 12.5. The van der Waals surface area contributed by atoms with Gasteiger partial charge in [-0.1, -0.05) is 6.07 Å². The second-order valence-corrected chi connectivity index (χ2v) is 5.78. The van der Waals surface area contributed by atoms with Crippen LogP contribution in [-0.4, -0.2) is 23.1 Å². The van der Waals surface area contributed by atoms with E-state index < -0.39 is 5.97 Å². The Morgan fingerprint density at radius 2 is 1.76 bits per heavy atom. The van der Waals surface area contributed by atoms with E-state index in [1.54, 1.807) is 0 Å². The van der Waals surface area contributed by atoms with Gasteiger partial charge in [0.2, 0.25) is 0 Å². The highest BCUT2D eigenvalue weighted by atomic mass is 16.4. The van der Waals surface area contributed by atoms with Gasteiger partial charge >= 0.3 is 12.0 Å². The number of anilines is 1. The Bertz CT molecular complexity index is 534. The highest BCUT2D eigenvalue weighted by molar-refractivity contribution is 5.89. The molecular weight excluding hydrogens is 268 g/mol. The summed E-state index contributed by atoms with van der Waals surface area (Å²) in [6, 6.07) is 5.63. The van der Waals surface area contributed by atoms with E-state index in [0.717, 1.165) is 24.1 Å². The average Bonchev–Trinajstić information content (AvgIpc) is 2.43. The number of urea groups is 1. The van der Waals surface area contributed by atoms with Gasteiger partial charge in [-0.15, -0.1) is 0 Å². The number of rotatable bonds is 3. The molecule has 1 aromatic rings. The maximum absolute atomic E-state index is 12.0. The minimum Gasteiger partial charge on any atom is -0.481 e. The number of carbonyl (C=O) groups excluding carboxylic acids is 1. The number of aliphatic carboxylic acids is 1. The molecule has 0 unspecified atom stereocenters. The van der Waals surface area contributed by atoms with Crippen LogP contribution in [0.2, 0.25) is 0 Å². The molecule has 1 saturated carbocycles. The first kappa shape index (κ1) is 15.4. The van der Waals surface area contributed by atoms with E-state index in [9.17, 15) is 9.59 Å². The number of nitrogens with one attached hydrogen (secondary N) is 2. The van der Waals surface area contributed by atoms with Crippen LogP contribution < -0.4 is 10.6 Å². The zero-order valence-corrected chi connectivity index (χ0v) is 12.5. The second kappa shape index (κ2) is 6.61. The Morgan fingerprint density at radius 1 is 1.10 bits per heavy atom. The molecule has 0 saturated heterocycles. The van der Waals surface area contributed by atoms with Crippen molar-refractivity contribution in [2.45, 2.75) is 45.6 Å². The molecule has 0 bridgehead atoms. The average molecular weight is 290 g/mol. The van der Waals surface area contributed by atoms with Gasteiger partial charge in [0.15, 0.2) is 0 Å². The van der Waals surface area contributed by atoms with E-state index >= 15 is 0 Å². The molecule has 1 aliphatic rings. The number of benzene rings is 1. The Balaban J connectivity index is 1.82. The lowest BCUT2D eigenvalue weighted by atomic mass is 9.86. The minimum atomic E-state index is -0.729. The molecule has 3 N–H and O–H groups in total. The van der Waals surface area contributed by atoms with Crippen molar-refractivity contribution in [1.82, 2.24) is 5.32 Å². The van der Waals surface area contributed by atoms with Crippen molar-refractivity contribution in [2.75, 3.05) is 5.32 Å². The lowest BCUT2D eigenvalue weighted by Crippen LogP contribution is -2.40. The first-order chi connectivity index (χ1) is 9.95. The topological polar surface area (TPSA) is 78.4 Å². The molecule has 1 fully saturated rings. The fourth-order valence-corrected chi connectivity index (χ4v) is 2.66. The Kier molecular flexibility index (Phi) is 4.83. The monoisotopic (exact) mass is 290 g/mol. The molecule has 2 rings (SSSR count). The lowest BCUT2D eigenvalue weighted by Gasteiger charge is -2.26. The van der Waals surface area contributed by atoms with Crippen LogP contribution >= 0.6 is 0 Å². The predicted molar refractivity (Wildman–Crippen MR) is 81.5 cm³/mol. The van der Waals surface area contributed by atoms with Gasteiger partial charge in [0, 0.05) is 11.7 Å². The van der Waals surface area contributed by atoms with E-state index in [1.807, 2.05) is 32.0 Å². The molecule has 21 heavy (non-hydrogen) atoms. The fraction of sp³-hybridized carbons (Fsp3) is 0.500. The Hall–Kier alpha value is -2.04. The summed E-state index contributed by atoms with van der Waals surface area (Å²) in [7, 11) is 0. The summed E-state index contributed by atoms with van der Waals surface area (Å²) < 4.78 is 0. The van der Waals surface area contributed by atoms with Crippen LogP contribution in [0.5, 0.6) is 0 Å². The third-order valence-electron chi connectivity index (χ3n) is 4.18. The molecule has 1 aromatic carbocycles. The first-order valence-corrected chi connectivity index (χ1v) is 7.33. The summed E-state index contributed by atoms with van der Waals surface area (Å²) in [5.74, 6) is -0.987. The molecule has 0 aromatic heterocycles. The van der Waals surface area contributed by atoms with Gasteiger partial charge in [-0.05, 0) is 62.8 Å². The van der Waals surface area contributed by atoms with E-state index in [4.69, 9.17) is 5.11 Å². The van der Waals surface area contributed by atoms with Crippen LogP contribution in [0.3, 0.4) is 0 Å². The minimum absolute atomic E-state index is 0.0622. The maximum Gasteiger partial charge on any atom is 0.319 e. The molecule has 114 valence electrons. The van der Waals surface area contributed by atoms with E-state index in [-0.39, 0.29) is 18.0 Å². The number of hydrogen-bond donors (Lipinski definition) is 3. The molecule has 0 radical (unpaired) electrons. The van der Waals surface area contributed by atoms with Crippen LogP contribution in [0.1, 0.15) is 36.8 Å². The van der Waals surface area contributed by atoms with Crippen LogP contribution in [0.25, 0.3) is 0 Å². The lowest BCUT2D eigenvalue weighted by molar-refractivity contribution is -0.142. The van der Waals surface area contributed by atoms with Crippen molar-refractivity contribution in [3.8, 4) is 0 Å². The summed E-state index contributed by atoms with van der Waals surface area (Å²) in [5.41, 5.74) is 3.09. The number of carboxylic acids is 1. The third kappa shape index (κ3) is 4.21. The summed E-state index contributed by atoms with van der Waals surface area (Å²) >= 11 is 0. The van der Waals surface area contributed by atoms with Crippen molar-refractivity contribution in [3.05, 3.63) is 29.3 Å². The highest BCUT2D eigenvalue weighted by Gasteiger charge is 2.26. The number of amides is 2. The summed E-state index contributed by atoms with van der Waals surface area (Å²) in [6.07, 6.45) is 2.70. The third-order valence-corrected chi connectivity index (χ3v) is 4.18. The number of hydrogen-bond acceptors (Lipinski definition) is 2. The molecule has 5 nitrogen and oxygen atoms in total. The number of carboxylic acid groups (broad SMARTS) is 1. The van der Waals surface area contributed by atoms with E-state index in [0.29, 0.717) is 12.8 Å². The SMILES string of the molecule is Cc1ccc(NC(=O)NC2CCC(C(=O)O)CC2)cc1C. The molecule has 5 heteroatoms. The number of carbonyl (C=O) groups is 2. The first-order valence-electron chi connectivity index (χ1n) is 7.33. The molecule has 0 spiro atoms. The summed E-state index contributed by atoms with van der Waals surface area (Å²) in [4.78, 5) is 22.8. The van der Waals surface area contributed by atoms with Crippen LogP contribution in [0.15, 0.2) is 18.2 Å². The van der Waals surface area contributed by atoms with E-state index in [1.165, 1.54) is 5.56 Å². The quantitative estimate of drug-likeness (QED) is 0.800. The molecule has 0 aliphatic heterocycles. The van der Waals surface area contributed by atoms with Crippen LogP contribution in [-0.2, 0) is 4.79 Å². The normalized spacial score (nSPS) is 21.6. The van der Waals surface area contributed by atoms with Crippen molar-refractivity contribution >= 4 is 17.7 Å². The van der Waals surface area contributed by atoms with Gasteiger partial charge in [0.1, 0.15) is 0 Å². The smallest absolute Gasteiger partial charge is 0.319 e. The second-order valence-electron chi connectivity index (χ2n) is 5.78. The maximum atomic E-state index is 12.0. The van der Waals surface area contributed by atoms with Gasteiger partial charge in [0.05, 0.1) is 5.92 Å². The largest absolute Gasteiger partial charge is 0.481 e. The van der Waals surface area contributed by atoms with Gasteiger partial charge < -0.3 is 15.7 Å². The molecular formula is C16H22N2O3. The Morgan fingerprint density at radius 3 is 2.33 bits per heavy atom. The zero-order chi connectivity index (χ0) is 15.4. The van der Waals surface area contributed by atoms with Gasteiger partial charge in [0.25, 0.3) is 0 Å². The van der Waals surface area contributed by atoms with Gasteiger partial charge in [-0.25, -0.2) is 4.79 Å². The Labute approximate surface area is 124 Å². The summed E-state index contributed by atoms with van der Waals surface area (Å²) in [6.45, 7) is 4.03. The van der Waals surface area contributed by atoms with Crippen molar-refractivity contribution in [2.24, 2.45) is 5.92 Å². The van der Waals surface area contributed by atoms with E-state index in [2.05, 4.69) is 10.6 Å². The van der Waals surface area contributed by atoms with Crippen molar-refractivity contribution < 1.29 is 14.7 Å².